The maximum atomic E-state index is 9.37. The van der Waals surface area contributed by atoms with Crippen molar-refractivity contribution in [3.8, 4) is 0 Å². The molecule has 2 aromatic rings. The van der Waals surface area contributed by atoms with Gasteiger partial charge >= 0.3 is 0 Å². The number of aromatic nitrogens is 1. The van der Waals surface area contributed by atoms with E-state index in [4.69, 9.17) is 4.98 Å². The van der Waals surface area contributed by atoms with Crippen LogP contribution in [0.4, 0.5) is 0 Å². The number of benzene rings is 1. The number of rotatable bonds is 6. The fourth-order valence-electron chi connectivity index (χ4n) is 2.99. The number of hydrogen-bond acceptors (Lipinski definition) is 5. The fourth-order valence-corrected chi connectivity index (χ4v) is 4.05. The summed E-state index contributed by atoms with van der Waals surface area (Å²) >= 11 is 1.76. The quantitative estimate of drug-likeness (QED) is 0.860. The highest BCUT2D eigenvalue weighted by Gasteiger charge is 2.23. The molecule has 1 aromatic heterocycles. The van der Waals surface area contributed by atoms with Gasteiger partial charge in [0.15, 0.2) is 0 Å². The van der Waals surface area contributed by atoms with Crippen LogP contribution in [0.1, 0.15) is 30.8 Å². The zero-order chi connectivity index (χ0) is 14.7. The molecule has 2 heterocycles. The second kappa shape index (κ2) is 6.83. The van der Waals surface area contributed by atoms with Crippen molar-refractivity contribution in [1.82, 2.24) is 15.2 Å². The summed E-state index contributed by atoms with van der Waals surface area (Å²) in [6, 6.07) is 9.08. The number of hydrogen-bond donors (Lipinski definition) is 2. The van der Waals surface area contributed by atoms with Crippen molar-refractivity contribution in [2.75, 3.05) is 26.2 Å². The molecular formula is C16H23N3OS. The summed E-state index contributed by atoms with van der Waals surface area (Å²) in [5.74, 6) is 0. The third kappa shape index (κ3) is 3.43. The normalized spacial score (nSPS) is 20.4. The van der Waals surface area contributed by atoms with Crippen LogP contribution in [-0.2, 0) is 0 Å². The second-order valence-electron chi connectivity index (χ2n) is 5.71. The molecule has 0 amide bonds. The molecule has 21 heavy (non-hydrogen) atoms. The average molecular weight is 305 g/mol. The van der Waals surface area contributed by atoms with Gasteiger partial charge in [0, 0.05) is 19.1 Å². The van der Waals surface area contributed by atoms with E-state index in [0.29, 0.717) is 12.6 Å². The van der Waals surface area contributed by atoms with E-state index in [1.807, 2.05) is 6.07 Å². The SMILES string of the molecule is CC(c1nc2ccccc2s1)N(CCO)CC1CCCN1. The van der Waals surface area contributed by atoms with Crippen LogP contribution in [0.5, 0.6) is 0 Å². The summed E-state index contributed by atoms with van der Waals surface area (Å²) in [7, 11) is 0. The van der Waals surface area contributed by atoms with E-state index in [-0.39, 0.29) is 12.6 Å². The Kier molecular flexibility index (Phi) is 4.85. The van der Waals surface area contributed by atoms with E-state index in [1.54, 1.807) is 11.3 Å². The Hall–Kier alpha value is -1.01. The van der Waals surface area contributed by atoms with Crippen LogP contribution in [0.2, 0.25) is 0 Å². The molecule has 114 valence electrons. The minimum atomic E-state index is 0.196. The lowest BCUT2D eigenvalue weighted by molar-refractivity contribution is 0.147. The Balaban J connectivity index is 1.76. The molecular weight excluding hydrogens is 282 g/mol. The fraction of sp³-hybridized carbons (Fsp3) is 0.562. The van der Waals surface area contributed by atoms with Crippen LogP contribution in [0.25, 0.3) is 10.2 Å². The van der Waals surface area contributed by atoms with Crippen molar-refractivity contribution < 1.29 is 5.11 Å². The Labute approximate surface area is 129 Å². The van der Waals surface area contributed by atoms with Crippen LogP contribution >= 0.6 is 11.3 Å². The number of para-hydroxylation sites is 1. The summed E-state index contributed by atoms with van der Waals surface area (Å²) < 4.78 is 1.24. The molecule has 2 N–H and O–H groups in total. The number of aliphatic hydroxyl groups is 1. The molecule has 4 nitrogen and oxygen atoms in total. The highest BCUT2D eigenvalue weighted by atomic mass is 32.1. The number of nitrogens with zero attached hydrogens (tertiary/aromatic N) is 2. The standard InChI is InChI=1S/C16H23N3OS/c1-12(16-18-14-6-2-3-7-15(14)21-16)19(9-10-20)11-13-5-4-8-17-13/h2-3,6-7,12-13,17,20H,4-5,8-11H2,1H3. The van der Waals surface area contributed by atoms with Gasteiger partial charge in [0.25, 0.3) is 0 Å². The van der Waals surface area contributed by atoms with E-state index in [2.05, 4.69) is 35.3 Å². The summed E-state index contributed by atoms with van der Waals surface area (Å²) in [5, 5.41) is 14.0. The van der Waals surface area contributed by atoms with Gasteiger partial charge in [-0.05, 0) is 38.4 Å². The van der Waals surface area contributed by atoms with E-state index in [1.165, 1.54) is 17.5 Å². The largest absolute Gasteiger partial charge is 0.395 e. The molecule has 1 fully saturated rings. The molecule has 2 unspecified atom stereocenters. The van der Waals surface area contributed by atoms with Crippen LogP contribution in [-0.4, -0.2) is 47.3 Å². The van der Waals surface area contributed by atoms with Crippen molar-refractivity contribution in [3.63, 3.8) is 0 Å². The van der Waals surface area contributed by atoms with Crippen molar-refractivity contribution in [1.29, 1.82) is 0 Å². The maximum Gasteiger partial charge on any atom is 0.111 e. The zero-order valence-electron chi connectivity index (χ0n) is 12.5. The Morgan fingerprint density at radius 3 is 3.05 bits per heavy atom. The molecule has 3 rings (SSSR count). The molecule has 0 spiro atoms. The minimum absolute atomic E-state index is 0.196. The molecule has 2 atom stereocenters. The monoisotopic (exact) mass is 305 g/mol. The second-order valence-corrected chi connectivity index (χ2v) is 6.77. The first kappa shape index (κ1) is 14.9. The van der Waals surface area contributed by atoms with E-state index >= 15 is 0 Å². The van der Waals surface area contributed by atoms with Gasteiger partial charge in [-0.1, -0.05) is 12.1 Å². The van der Waals surface area contributed by atoms with Gasteiger partial charge in [0.2, 0.25) is 0 Å². The number of thiazole rings is 1. The van der Waals surface area contributed by atoms with Gasteiger partial charge in [-0.2, -0.15) is 0 Å². The Morgan fingerprint density at radius 2 is 2.33 bits per heavy atom. The van der Waals surface area contributed by atoms with E-state index in [0.717, 1.165) is 23.6 Å². The molecule has 0 bridgehead atoms. The average Bonchev–Trinajstić information content (AvgIpc) is 3.14. The Morgan fingerprint density at radius 1 is 1.48 bits per heavy atom. The van der Waals surface area contributed by atoms with Crippen LogP contribution < -0.4 is 5.32 Å². The van der Waals surface area contributed by atoms with Gasteiger partial charge in [-0.3, -0.25) is 4.90 Å². The molecule has 1 aliphatic heterocycles. The summed E-state index contributed by atoms with van der Waals surface area (Å²) in [6.45, 7) is 5.20. The number of aliphatic hydroxyl groups excluding tert-OH is 1. The third-order valence-corrected chi connectivity index (χ3v) is 5.43. The number of nitrogens with one attached hydrogen (secondary N) is 1. The first-order valence-corrected chi connectivity index (χ1v) is 8.53. The predicted octanol–water partition coefficient (Wildman–Crippen LogP) is 2.40. The smallest absolute Gasteiger partial charge is 0.111 e. The summed E-state index contributed by atoms with van der Waals surface area (Å²) in [5.41, 5.74) is 1.08. The van der Waals surface area contributed by atoms with E-state index < -0.39 is 0 Å². The molecule has 1 aromatic carbocycles. The van der Waals surface area contributed by atoms with Crippen LogP contribution in [0.15, 0.2) is 24.3 Å². The lowest BCUT2D eigenvalue weighted by Gasteiger charge is -2.29. The van der Waals surface area contributed by atoms with E-state index in [9.17, 15) is 5.11 Å². The summed E-state index contributed by atoms with van der Waals surface area (Å²) in [6.07, 6.45) is 2.49. The van der Waals surface area contributed by atoms with Crippen molar-refractivity contribution in [2.24, 2.45) is 0 Å². The molecule has 5 heteroatoms. The van der Waals surface area contributed by atoms with Crippen molar-refractivity contribution in [3.05, 3.63) is 29.3 Å². The molecule has 1 aliphatic rings. The molecule has 0 aliphatic carbocycles. The van der Waals surface area contributed by atoms with Gasteiger partial charge in [-0.25, -0.2) is 4.98 Å². The molecule has 1 saturated heterocycles. The highest BCUT2D eigenvalue weighted by Crippen LogP contribution is 2.29. The summed E-state index contributed by atoms with van der Waals surface area (Å²) in [4.78, 5) is 7.11. The third-order valence-electron chi connectivity index (χ3n) is 4.22. The minimum Gasteiger partial charge on any atom is -0.395 e. The topological polar surface area (TPSA) is 48.4 Å². The van der Waals surface area contributed by atoms with Gasteiger partial charge < -0.3 is 10.4 Å². The Bertz CT molecular complexity index is 547. The molecule has 0 radical (unpaired) electrons. The maximum absolute atomic E-state index is 9.37. The van der Waals surface area contributed by atoms with Crippen LogP contribution in [0.3, 0.4) is 0 Å². The first-order valence-electron chi connectivity index (χ1n) is 7.71. The van der Waals surface area contributed by atoms with Crippen molar-refractivity contribution in [2.45, 2.75) is 31.8 Å². The predicted molar refractivity (Wildman–Crippen MR) is 87.7 cm³/mol. The lowest BCUT2D eigenvalue weighted by atomic mass is 10.2. The van der Waals surface area contributed by atoms with Gasteiger partial charge in [0.05, 0.1) is 22.9 Å². The van der Waals surface area contributed by atoms with Crippen LogP contribution in [0, 0.1) is 0 Å². The van der Waals surface area contributed by atoms with Gasteiger partial charge in [-0.15, -0.1) is 11.3 Å². The van der Waals surface area contributed by atoms with Gasteiger partial charge in [0.1, 0.15) is 5.01 Å². The molecule has 0 saturated carbocycles. The highest BCUT2D eigenvalue weighted by molar-refractivity contribution is 7.18. The van der Waals surface area contributed by atoms with Crippen molar-refractivity contribution >= 4 is 21.6 Å². The first-order chi connectivity index (χ1) is 10.3. The number of fused-ring (bicyclic) bond motifs is 1. The lowest BCUT2D eigenvalue weighted by Crippen LogP contribution is -2.40. The zero-order valence-corrected chi connectivity index (χ0v) is 13.3.